The van der Waals surface area contributed by atoms with Crippen LogP contribution in [0.4, 0.5) is 0 Å². The van der Waals surface area contributed by atoms with Crippen molar-refractivity contribution in [1.29, 1.82) is 0 Å². The normalized spacial score (nSPS) is 16.5. The summed E-state index contributed by atoms with van der Waals surface area (Å²) in [6, 6.07) is 28.4. The lowest BCUT2D eigenvalue weighted by Gasteiger charge is -2.44. The molecular formula is C26H23N3O. The number of hydrogen-bond acceptors (Lipinski definition) is 3. The molecule has 3 aromatic carbocycles. The number of aromatic nitrogens is 2. The zero-order valence-electron chi connectivity index (χ0n) is 17.0. The summed E-state index contributed by atoms with van der Waals surface area (Å²) in [6.45, 7) is 2.01. The van der Waals surface area contributed by atoms with Crippen LogP contribution in [0.25, 0.3) is 10.9 Å². The van der Waals surface area contributed by atoms with Gasteiger partial charge in [-0.05, 0) is 36.1 Å². The summed E-state index contributed by atoms with van der Waals surface area (Å²) in [6.07, 6.45) is 2.46. The van der Waals surface area contributed by atoms with Crippen molar-refractivity contribution in [3.05, 3.63) is 112 Å². The molecule has 30 heavy (non-hydrogen) atoms. The van der Waals surface area contributed by atoms with Crippen molar-refractivity contribution < 1.29 is 0 Å². The molecule has 0 saturated heterocycles. The Bertz CT molecular complexity index is 1250. The average molecular weight is 393 g/mol. The van der Waals surface area contributed by atoms with Crippen molar-refractivity contribution in [2.45, 2.75) is 31.6 Å². The van der Waals surface area contributed by atoms with Crippen LogP contribution in [-0.4, -0.2) is 15.4 Å². The van der Waals surface area contributed by atoms with Gasteiger partial charge in [-0.1, -0.05) is 79.7 Å². The van der Waals surface area contributed by atoms with E-state index in [-0.39, 0.29) is 11.0 Å². The summed E-state index contributed by atoms with van der Waals surface area (Å²) in [5, 5.41) is 5.55. The fourth-order valence-corrected chi connectivity index (χ4v) is 4.48. The van der Waals surface area contributed by atoms with Crippen LogP contribution < -0.4 is 5.56 Å². The Labute approximate surface area is 175 Å². The van der Waals surface area contributed by atoms with Crippen LogP contribution in [0.15, 0.2) is 94.8 Å². The third kappa shape index (κ3) is 2.79. The molecule has 1 aromatic heterocycles. The number of fused-ring (bicyclic) bond motifs is 1. The fourth-order valence-electron chi connectivity index (χ4n) is 4.48. The summed E-state index contributed by atoms with van der Waals surface area (Å²) < 4.78 is 1.53. The highest BCUT2D eigenvalue weighted by molar-refractivity contribution is 6.03. The van der Waals surface area contributed by atoms with Crippen LogP contribution in [-0.2, 0) is 11.8 Å². The Balaban J connectivity index is 1.74. The Morgan fingerprint density at radius 2 is 1.50 bits per heavy atom. The maximum atomic E-state index is 13.3. The van der Waals surface area contributed by atoms with Gasteiger partial charge in [-0.25, -0.2) is 4.98 Å². The highest BCUT2D eigenvalue weighted by atomic mass is 16.1. The minimum Gasteiger partial charge on any atom is -0.267 e. The average Bonchev–Trinajstić information content (AvgIpc) is 2.79. The van der Waals surface area contributed by atoms with Crippen LogP contribution in [0.5, 0.6) is 0 Å². The summed E-state index contributed by atoms with van der Waals surface area (Å²) >= 11 is 0. The molecule has 0 unspecified atom stereocenters. The molecule has 0 aliphatic heterocycles. The lowest BCUT2D eigenvalue weighted by molar-refractivity contribution is 0.528. The SMILES string of the molecule is CCc1nc2ccccc2c(=O)n1/N=C1/CCC1(c1ccccc1)c1ccccc1. The molecule has 1 aliphatic carbocycles. The fraction of sp³-hybridized carbons (Fsp3) is 0.192. The maximum absolute atomic E-state index is 13.3. The zero-order valence-corrected chi connectivity index (χ0v) is 17.0. The molecule has 1 saturated carbocycles. The van der Waals surface area contributed by atoms with E-state index in [4.69, 9.17) is 10.1 Å². The number of rotatable bonds is 4. The van der Waals surface area contributed by atoms with E-state index in [1.165, 1.54) is 15.8 Å². The summed E-state index contributed by atoms with van der Waals surface area (Å²) in [5.41, 5.74) is 3.74. The van der Waals surface area contributed by atoms with Crippen molar-refractivity contribution in [3.63, 3.8) is 0 Å². The molecule has 4 aromatic rings. The molecule has 4 nitrogen and oxygen atoms in total. The van der Waals surface area contributed by atoms with Crippen LogP contribution in [0.1, 0.15) is 36.7 Å². The minimum atomic E-state index is -0.307. The van der Waals surface area contributed by atoms with Crippen LogP contribution in [0, 0.1) is 0 Å². The van der Waals surface area contributed by atoms with Gasteiger partial charge in [0.05, 0.1) is 22.0 Å². The Kier molecular flexibility index (Phi) is 4.55. The number of nitrogens with zero attached hydrogens (tertiary/aromatic N) is 3. The second-order valence-electron chi connectivity index (χ2n) is 7.70. The van der Waals surface area contributed by atoms with Gasteiger partial charge in [-0.2, -0.15) is 9.78 Å². The molecule has 0 N–H and O–H groups in total. The molecule has 0 amide bonds. The van der Waals surface area contributed by atoms with Gasteiger partial charge in [-0.3, -0.25) is 4.79 Å². The third-order valence-corrected chi connectivity index (χ3v) is 6.12. The van der Waals surface area contributed by atoms with Crippen molar-refractivity contribution in [2.24, 2.45) is 5.10 Å². The molecule has 1 fully saturated rings. The lowest BCUT2D eigenvalue weighted by atomic mass is 9.59. The van der Waals surface area contributed by atoms with Gasteiger partial charge in [0, 0.05) is 6.42 Å². The van der Waals surface area contributed by atoms with Gasteiger partial charge in [0.1, 0.15) is 5.82 Å². The molecule has 0 bridgehead atoms. The maximum Gasteiger partial charge on any atom is 0.282 e. The van der Waals surface area contributed by atoms with E-state index < -0.39 is 0 Å². The topological polar surface area (TPSA) is 47.2 Å². The Hall–Kier alpha value is -3.53. The number of para-hydroxylation sites is 1. The predicted octanol–water partition coefficient (Wildman–Crippen LogP) is 4.94. The van der Waals surface area contributed by atoms with E-state index in [0.29, 0.717) is 17.6 Å². The number of hydrogen-bond donors (Lipinski definition) is 0. The smallest absolute Gasteiger partial charge is 0.267 e. The quantitative estimate of drug-likeness (QED) is 0.493. The van der Waals surface area contributed by atoms with Gasteiger partial charge in [0.25, 0.3) is 5.56 Å². The van der Waals surface area contributed by atoms with Gasteiger partial charge in [-0.15, -0.1) is 0 Å². The second-order valence-corrected chi connectivity index (χ2v) is 7.70. The first-order chi connectivity index (χ1) is 14.7. The molecule has 148 valence electrons. The van der Waals surface area contributed by atoms with Crippen LogP contribution in [0.2, 0.25) is 0 Å². The molecule has 0 atom stereocenters. The van der Waals surface area contributed by atoms with Crippen molar-refractivity contribution >= 4 is 16.6 Å². The molecular weight excluding hydrogens is 370 g/mol. The van der Waals surface area contributed by atoms with E-state index in [2.05, 4.69) is 48.5 Å². The molecule has 1 heterocycles. The van der Waals surface area contributed by atoms with Gasteiger partial charge < -0.3 is 0 Å². The second kappa shape index (κ2) is 7.38. The molecule has 0 radical (unpaired) electrons. The standard InChI is InChI=1S/C26H23N3O/c1-2-24-27-22-16-10-9-15-21(22)25(30)29(24)28-23-17-18-26(23,19-11-5-3-6-12-19)20-13-7-4-8-14-20/h3-16H,2,17-18H2,1H3/b28-23-. The van der Waals surface area contributed by atoms with Crippen LogP contribution >= 0.6 is 0 Å². The van der Waals surface area contributed by atoms with E-state index in [0.717, 1.165) is 24.1 Å². The third-order valence-electron chi connectivity index (χ3n) is 6.12. The Morgan fingerprint density at radius 1 is 0.900 bits per heavy atom. The monoisotopic (exact) mass is 393 g/mol. The number of benzene rings is 3. The van der Waals surface area contributed by atoms with Crippen molar-refractivity contribution in [1.82, 2.24) is 9.66 Å². The van der Waals surface area contributed by atoms with E-state index in [9.17, 15) is 4.79 Å². The summed E-state index contributed by atoms with van der Waals surface area (Å²) in [4.78, 5) is 18.0. The molecule has 5 rings (SSSR count). The lowest BCUT2D eigenvalue weighted by Crippen LogP contribution is -2.47. The van der Waals surface area contributed by atoms with Gasteiger partial charge >= 0.3 is 0 Å². The van der Waals surface area contributed by atoms with Gasteiger partial charge in [0.15, 0.2) is 0 Å². The molecule has 0 spiro atoms. The zero-order chi connectivity index (χ0) is 20.6. The minimum absolute atomic E-state index is 0.105. The molecule has 1 aliphatic rings. The van der Waals surface area contributed by atoms with Crippen molar-refractivity contribution in [3.8, 4) is 0 Å². The van der Waals surface area contributed by atoms with Crippen LogP contribution in [0.3, 0.4) is 0 Å². The summed E-state index contributed by atoms with van der Waals surface area (Å²) in [5.74, 6) is 0.688. The van der Waals surface area contributed by atoms with E-state index in [1.54, 1.807) is 0 Å². The van der Waals surface area contributed by atoms with E-state index >= 15 is 0 Å². The highest BCUT2D eigenvalue weighted by Gasteiger charge is 2.47. The highest BCUT2D eigenvalue weighted by Crippen LogP contribution is 2.47. The first-order valence-electron chi connectivity index (χ1n) is 10.4. The van der Waals surface area contributed by atoms with E-state index in [1.807, 2.05) is 43.3 Å². The summed E-state index contributed by atoms with van der Waals surface area (Å²) in [7, 11) is 0. The first-order valence-corrected chi connectivity index (χ1v) is 10.4. The number of aryl methyl sites for hydroxylation is 1. The largest absolute Gasteiger partial charge is 0.282 e. The first kappa shape index (κ1) is 18.5. The predicted molar refractivity (Wildman–Crippen MR) is 121 cm³/mol. The Morgan fingerprint density at radius 3 is 2.07 bits per heavy atom. The van der Waals surface area contributed by atoms with Gasteiger partial charge in [0.2, 0.25) is 0 Å². The van der Waals surface area contributed by atoms with Crippen molar-refractivity contribution in [2.75, 3.05) is 0 Å². The molecule has 4 heteroatoms.